The van der Waals surface area contributed by atoms with E-state index < -0.39 is 35.8 Å². The van der Waals surface area contributed by atoms with E-state index in [4.69, 9.17) is 18.9 Å². The average Bonchev–Trinajstić information content (AvgIpc) is 2.89. The Balaban J connectivity index is 1.88. The van der Waals surface area contributed by atoms with Gasteiger partial charge in [-0.25, -0.2) is 13.6 Å². The summed E-state index contributed by atoms with van der Waals surface area (Å²) in [7, 11) is 0. The van der Waals surface area contributed by atoms with Crippen LogP contribution in [0.25, 0.3) is 11.1 Å². The van der Waals surface area contributed by atoms with Crippen LogP contribution in [-0.4, -0.2) is 36.5 Å². The first kappa shape index (κ1) is 33.4. The fraction of sp³-hybridized carbons (Fsp3) is 0.412. The largest absolute Gasteiger partial charge is 0.491 e. The molecular formula is C34H41F2NO6. The topological polar surface area (TPSA) is 83.1 Å². The van der Waals surface area contributed by atoms with Crippen LogP contribution < -0.4 is 14.8 Å². The van der Waals surface area contributed by atoms with Gasteiger partial charge in [-0.15, -0.1) is 0 Å². The van der Waals surface area contributed by atoms with E-state index in [9.17, 15) is 14.0 Å². The van der Waals surface area contributed by atoms with Gasteiger partial charge in [-0.2, -0.15) is 0 Å². The third kappa shape index (κ3) is 10.6. The van der Waals surface area contributed by atoms with Gasteiger partial charge in [0, 0.05) is 16.7 Å². The molecule has 0 heterocycles. The SMILES string of the molecule is C[C@H](NC(=O)OC(C)(C)C)c1cccc(-c2cc(COc3ccccc3CC(=O)OC(C)(C)C)cc(OCCF)c2)c1F. The molecule has 0 fully saturated rings. The van der Waals surface area contributed by atoms with Crippen LogP contribution in [0.1, 0.15) is 71.2 Å². The molecule has 1 atom stereocenters. The minimum absolute atomic E-state index is 0.0336. The van der Waals surface area contributed by atoms with Crippen molar-refractivity contribution in [2.75, 3.05) is 13.3 Å². The molecule has 0 bridgehead atoms. The molecule has 0 aliphatic rings. The summed E-state index contributed by atoms with van der Waals surface area (Å²) in [6.45, 7) is 11.5. The molecule has 232 valence electrons. The van der Waals surface area contributed by atoms with E-state index in [0.717, 1.165) is 0 Å². The highest BCUT2D eigenvalue weighted by molar-refractivity contribution is 5.74. The molecule has 43 heavy (non-hydrogen) atoms. The average molecular weight is 598 g/mol. The van der Waals surface area contributed by atoms with Crippen molar-refractivity contribution in [3.05, 3.63) is 83.2 Å². The maximum absolute atomic E-state index is 15.9. The first-order valence-electron chi connectivity index (χ1n) is 14.2. The summed E-state index contributed by atoms with van der Waals surface area (Å²) < 4.78 is 51.2. The first-order chi connectivity index (χ1) is 20.1. The van der Waals surface area contributed by atoms with Gasteiger partial charge < -0.3 is 24.3 Å². The number of benzene rings is 3. The van der Waals surface area contributed by atoms with Gasteiger partial charge in [0.2, 0.25) is 0 Å². The second-order valence-electron chi connectivity index (χ2n) is 12.1. The normalized spacial score (nSPS) is 12.3. The zero-order valence-corrected chi connectivity index (χ0v) is 25.9. The second-order valence-corrected chi connectivity index (χ2v) is 12.1. The molecule has 0 unspecified atom stereocenters. The predicted molar refractivity (Wildman–Crippen MR) is 161 cm³/mol. The number of rotatable bonds is 11. The lowest BCUT2D eigenvalue weighted by Gasteiger charge is -2.22. The van der Waals surface area contributed by atoms with Crippen LogP contribution in [-0.2, 0) is 27.3 Å². The number of alkyl carbamates (subject to hydrolysis) is 1. The summed E-state index contributed by atoms with van der Waals surface area (Å²) in [4.78, 5) is 24.7. The fourth-order valence-corrected chi connectivity index (χ4v) is 4.29. The molecular weight excluding hydrogens is 556 g/mol. The highest BCUT2D eigenvalue weighted by Crippen LogP contribution is 2.32. The Labute approximate surface area is 252 Å². The highest BCUT2D eigenvalue weighted by atomic mass is 19.1. The van der Waals surface area contributed by atoms with Crippen LogP contribution in [0.15, 0.2) is 60.7 Å². The van der Waals surface area contributed by atoms with Crippen LogP contribution in [0.5, 0.6) is 11.5 Å². The Morgan fingerprint density at radius 2 is 1.58 bits per heavy atom. The number of nitrogens with one attached hydrogen (secondary N) is 1. The van der Waals surface area contributed by atoms with Crippen molar-refractivity contribution in [2.24, 2.45) is 0 Å². The Kier molecular flexibility index (Phi) is 11.1. The molecule has 3 rings (SSSR count). The van der Waals surface area contributed by atoms with E-state index >= 15 is 4.39 Å². The van der Waals surface area contributed by atoms with Gasteiger partial charge in [0.05, 0.1) is 12.5 Å². The van der Waals surface area contributed by atoms with Gasteiger partial charge in [0.25, 0.3) is 0 Å². The van der Waals surface area contributed by atoms with Crippen LogP contribution in [0.2, 0.25) is 0 Å². The number of esters is 1. The Bertz CT molecular complexity index is 1410. The van der Waals surface area contributed by atoms with E-state index in [1.807, 2.05) is 6.07 Å². The number of carbonyl (C=O) groups is 2. The van der Waals surface area contributed by atoms with Gasteiger partial charge in [0.1, 0.15) is 48.4 Å². The molecule has 3 aromatic carbocycles. The van der Waals surface area contributed by atoms with E-state index in [-0.39, 0.29) is 36.7 Å². The van der Waals surface area contributed by atoms with Gasteiger partial charge in [-0.1, -0.05) is 36.4 Å². The molecule has 7 nitrogen and oxygen atoms in total. The molecule has 0 aliphatic heterocycles. The molecule has 3 aromatic rings. The number of carbonyl (C=O) groups excluding carboxylic acids is 2. The molecule has 0 saturated carbocycles. The standard InChI is InChI=1S/C34H41F2NO6/c1-22(37-32(39)43-34(5,6)7)27-12-10-13-28(31(27)36)25-17-23(18-26(19-25)40-16-15-35)21-41-29-14-9-8-11-24(29)20-30(38)42-33(2,3)4/h8-14,17-19,22H,15-16,20-21H2,1-7H3,(H,37,39)/t22-/m0/s1. The van der Waals surface area contributed by atoms with Crippen molar-refractivity contribution in [2.45, 2.75) is 78.7 Å². The first-order valence-corrected chi connectivity index (χ1v) is 14.2. The lowest BCUT2D eigenvalue weighted by atomic mass is 9.97. The minimum Gasteiger partial charge on any atom is -0.491 e. The molecule has 0 aromatic heterocycles. The zero-order valence-electron chi connectivity index (χ0n) is 25.9. The molecule has 0 spiro atoms. The second kappa shape index (κ2) is 14.4. The molecule has 9 heteroatoms. The number of alkyl halides is 1. The third-order valence-corrected chi connectivity index (χ3v) is 5.97. The molecule has 0 aliphatic carbocycles. The van der Waals surface area contributed by atoms with Gasteiger partial charge >= 0.3 is 12.1 Å². The van der Waals surface area contributed by atoms with E-state index in [1.54, 1.807) is 103 Å². The Hall–Kier alpha value is -4.14. The highest BCUT2D eigenvalue weighted by Gasteiger charge is 2.22. The summed E-state index contributed by atoms with van der Waals surface area (Å²) >= 11 is 0. The van der Waals surface area contributed by atoms with Crippen LogP contribution in [0, 0.1) is 5.82 Å². The van der Waals surface area contributed by atoms with Crippen LogP contribution in [0.3, 0.4) is 0 Å². The molecule has 1 N–H and O–H groups in total. The van der Waals surface area contributed by atoms with Gasteiger partial charge in [-0.05, 0) is 83.9 Å². The predicted octanol–water partition coefficient (Wildman–Crippen LogP) is 7.89. The van der Waals surface area contributed by atoms with Crippen molar-refractivity contribution in [1.82, 2.24) is 5.32 Å². The van der Waals surface area contributed by atoms with Gasteiger partial charge in [-0.3, -0.25) is 4.79 Å². The summed E-state index contributed by atoms with van der Waals surface area (Å²) in [5.74, 6) is -0.0535. The van der Waals surface area contributed by atoms with Crippen molar-refractivity contribution >= 4 is 12.1 Å². The number of halogens is 2. The van der Waals surface area contributed by atoms with E-state index in [2.05, 4.69) is 5.32 Å². The third-order valence-electron chi connectivity index (χ3n) is 5.97. The molecule has 0 radical (unpaired) electrons. The minimum atomic E-state index is -0.695. The van der Waals surface area contributed by atoms with Crippen LogP contribution in [0.4, 0.5) is 13.6 Å². The number of amides is 1. The Morgan fingerprint density at radius 3 is 2.26 bits per heavy atom. The Morgan fingerprint density at radius 1 is 0.884 bits per heavy atom. The van der Waals surface area contributed by atoms with E-state index in [0.29, 0.717) is 28.2 Å². The van der Waals surface area contributed by atoms with Gasteiger partial charge in [0.15, 0.2) is 0 Å². The quantitative estimate of drug-likeness (QED) is 0.226. The maximum Gasteiger partial charge on any atom is 0.408 e. The number of para-hydroxylation sites is 1. The summed E-state index contributed by atoms with van der Waals surface area (Å²) in [6, 6.07) is 16.5. The lowest BCUT2D eigenvalue weighted by Crippen LogP contribution is -2.34. The monoisotopic (exact) mass is 597 g/mol. The number of hydrogen-bond acceptors (Lipinski definition) is 6. The summed E-state index contributed by atoms with van der Waals surface area (Å²) in [6.07, 6.45) is -0.621. The lowest BCUT2D eigenvalue weighted by molar-refractivity contribution is -0.153. The van der Waals surface area contributed by atoms with Crippen LogP contribution >= 0.6 is 0 Å². The van der Waals surface area contributed by atoms with Crippen molar-refractivity contribution in [3.8, 4) is 22.6 Å². The van der Waals surface area contributed by atoms with Crippen molar-refractivity contribution in [1.29, 1.82) is 0 Å². The summed E-state index contributed by atoms with van der Waals surface area (Å²) in [5, 5.41) is 2.67. The maximum atomic E-state index is 15.9. The number of hydrogen-bond donors (Lipinski definition) is 1. The smallest absolute Gasteiger partial charge is 0.408 e. The number of ether oxygens (including phenoxy) is 4. The molecule has 0 saturated heterocycles. The zero-order chi connectivity index (χ0) is 31.8. The van der Waals surface area contributed by atoms with E-state index in [1.165, 1.54) is 0 Å². The summed E-state index contributed by atoms with van der Waals surface area (Å²) in [5.41, 5.74) is 1.02. The van der Waals surface area contributed by atoms with Crippen molar-refractivity contribution < 1.29 is 37.3 Å². The molecule has 1 amide bonds. The fourth-order valence-electron chi connectivity index (χ4n) is 4.29. The van der Waals surface area contributed by atoms with Crippen molar-refractivity contribution in [3.63, 3.8) is 0 Å².